The zero-order valence-electron chi connectivity index (χ0n) is 11.0. The number of ether oxygens (including phenoxy) is 1. The van der Waals surface area contributed by atoms with Gasteiger partial charge in [-0.25, -0.2) is 26.7 Å². The average molecular weight is 351 g/mol. The molecular formula is C13H6F5NO3S. The van der Waals surface area contributed by atoms with Crippen molar-refractivity contribution in [1.29, 1.82) is 0 Å². The Kier molecular flexibility index (Phi) is 4.94. The monoisotopic (exact) mass is 351 g/mol. The van der Waals surface area contributed by atoms with Gasteiger partial charge in [0, 0.05) is 0 Å². The molecule has 0 aliphatic carbocycles. The van der Waals surface area contributed by atoms with E-state index in [-0.39, 0.29) is 4.88 Å². The molecule has 0 bridgehead atoms. The number of carbonyl (C=O) groups is 2. The maximum absolute atomic E-state index is 13.3. The highest BCUT2D eigenvalue weighted by atomic mass is 32.1. The first-order valence-electron chi connectivity index (χ1n) is 5.84. The fourth-order valence-corrected chi connectivity index (χ4v) is 2.10. The average Bonchev–Trinajstić information content (AvgIpc) is 3.07. The quantitative estimate of drug-likeness (QED) is 0.398. The van der Waals surface area contributed by atoms with E-state index in [2.05, 4.69) is 4.74 Å². The molecule has 1 amide bonds. The minimum atomic E-state index is -2.35. The van der Waals surface area contributed by atoms with Gasteiger partial charge in [0.2, 0.25) is 5.82 Å². The third kappa shape index (κ3) is 3.47. The molecule has 4 nitrogen and oxygen atoms in total. The van der Waals surface area contributed by atoms with Gasteiger partial charge < -0.3 is 10.1 Å². The zero-order valence-corrected chi connectivity index (χ0v) is 11.8. The molecule has 0 radical (unpaired) electrons. The molecule has 0 spiro atoms. The second-order valence-electron chi connectivity index (χ2n) is 4.05. The molecule has 2 aromatic rings. The maximum Gasteiger partial charge on any atom is 0.348 e. The van der Waals surface area contributed by atoms with Gasteiger partial charge in [0.1, 0.15) is 10.6 Å². The lowest BCUT2D eigenvalue weighted by Gasteiger charge is -2.10. The van der Waals surface area contributed by atoms with Crippen molar-refractivity contribution in [1.82, 2.24) is 0 Å². The van der Waals surface area contributed by atoms with Crippen LogP contribution in [0.25, 0.3) is 0 Å². The molecular weight excluding hydrogens is 345 g/mol. The van der Waals surface area contributed by atoms with E-state index in [4.69, 9.17) is 0 Å². The van der Waals surface area contributed by atoms with E-state index in [1.165, 1.54) is 11.4 Å². The minimum absolute atomic E-state index is 0.175. The number of halogens is 5. The molecule has 1 aromatic heterocycles. The van der Waals surface area contributed by atoms with Gasteiger partial charge in [-0.15, -0.1) is 11.3 Å². The van der Waals surface area contributed by atoms with Crippen LogP contribution in [0.3, 0.4) is 0 Å². The van der Waals surface area contributed by atoms with Gasteiger partial charge in [-0.1, -0.05) is 6.07 Å². The van der Waals surface area contributed by atoms with E-state index < -0.39 is 53.3 Å². The van der Waals surface area contributed by atoms with Crippen LogP contribution in [0.4, 0.5) is 27.6 Å². The van der Waals surface area contributed by atoms with E-state index in [1.807, 2.05) is 0 Å². The van der Waals surface area contributed by atoms with Crippen LogP contribution in [0.5, 0.6) is 0 Å². The summed E-state index contributed by atoms with van der Waals surface area (Å²) in [6, 6.07) is 2.96. The van der Waals surface area contributed by atoms with Crippen LogP contribution < -0.4 is 5.32 Å². The second kappa shape index (κ2) is 6.73. The Hall–Kier alpha value is -2.49. The van der Waals surface area contributed by atoms with Crippen LogP contribution in [-0.4, -0.2) is 18.5 Å². The summed E-state index contributed by atoms with van der Waals surface area (Å²) in [5.41, 5.74) is -1.52. The van der Waals surface area contributed by atoms with Crippen LogP contribution >= 0.6 is 11.3 Å². The minimum Gasteiger partial charge on any atom is -0.451 e. The van der Waals surface area contributed by atoms with Gasteiger partial charge in [-0.2, -0.15) is 0 Å². The molecule has 0 saturated heterocycles. The highest BCUT2D eigenvalue weighted by molar-refractivity contribution is 7.11. The summed E-state index contributed by atoms with van der Waals surface area (Å²) in [5, 5.41) is 3.05. The molecule has 1 N–H and O–H groups in total. The SMILES string of the molecule is O=C(COC(=O)c1cccs1)Nc1c(F)c(F)c(F)c(F)c1F. The summed E-state index contributed by atoms with van der Waals surface area (Å²) in [4.78, 5) is 23.1. The fourth-order valence-electron chi connectivity index (χ4n) is 1.49. The smallest absolute Gasteiger partial charge is 0.348 e. The molecule has 0 fully saturated rings. The van der Waals surface area contributed by atoms with Crippen molar-refractivity contribution in [3.63, 3.8) is 0 Å². The molecule has 0 aliphatic rings. The molecule has 0 saturated carbocycles. The van der Waals surface area contributed by atoms with Crippen molar-refractivity contribution in [2.75, 3.05) is 11.9 Å². The Labute approximate surface area is 129 Å². The van der Waals surface area contributed by atoms with E-state index in [0.29, 0.717) is 0 Å². The predicted octanol–water partition coefficient (Wildman–Crippen LogP) is 3.24. The topological polar surface area (TPSA) is 55.4 Å². The number of hydrogen-bond donors (Lipinski definition) is 1. The summed E-state index contributed by atoms with van der Waals surface area (Å²) in [5.74, 6) is -13.3. The molecule has 0 atom stereocenters. The van der Waals surface area contributed by atoms with Crippen molar-refractivity contribution in [3.05, 3.63) is 51.5 Å². The molecule has 1 aromatic carbocycles. The fraction of sp³-hybridized carbons (Fsp3) is 0.0769. The normalized spacial score (nSPS) is 10.5. The number of benzene rings is 1. The number of esters is 1. The third-order valence-electron chi connectivity index (χ3n) is 2.53. The van der Waals surface area contributed by atoms with Crippen LogP contribution in [0.2, 0.25) is 0 Å². The van der Waals surface area contributed by atoms with Gasteiger partial charge in [-0.3, -0.25) is 4.79 Å². The standard InChI is InChI=1S/C13H6F5NO3S/c14-7-8(15)10(17)12(11(18)9(7)16)19-6(20)4-22-13(21)5-2-1-3-23-5/h1-3H,4H2,(H,19,20). The van der Waals surface area contributed by atoms with Gasteiger partial charge in [0.15, 0.2) is 29.9 Å². The molecule has 0 aliphatic heterocycles. The molecule has 2 rings (SSSR count). The Bertz CT molecular complexity index is 734. The van der Waals surface area contributed by atoms with E-state index in [9.17, 15) is 31.5 Å². The largest absolute Gasteiger partial charge is 0.451 e. The highest BCUT2D eigenvalue weighted by Crippen LogP contribution is 2.27. The Morgan fingerprint density at radius 1 is 1.00 bits per heavy atom. The third-order valence-corrected chi connectivity index (χ3v) is 3.38. The summed E-state index contributed by atoms with van der Waals surface area (Å²) in [7, 11) is 0. The lowest BCUT2D eigenvalue weighted by molar-refractivity contribution is -0.119. The molecule has 1 heterocycles. The Morgan fingerprint density at radius 3 is 2.09 bits per heavy atom. The number of nitrogens with one attached hydrogen (secondary N) is 1. The molecule has 122 valence electrons. The molecule has 0 unspecified atom stereocenters. The van der Waals surface area contributed by atoms with Crippen LogP contribution in [0.1, 0.15) is 9.67 Å². The first-order chi connectivity index (χ1) is 10.8. The summed E-state index contributed by atoms with van der Waals surface area (Å²) in [6.45, 7) is -0.962. The van der Waals surface area contributed by atoms with Crippen molar-refractivity contribution in [2.24, 2.45) is 0 Å². The van der Waals surface area contributed by atoms with E-state index >= 15 is 0 Å². The number of hydrogen-bond acceptors (Lipinski definition) is 4. The maximum atomic E-state index is 13.3. The van der Waals surface area contributed by atoms with Crippen LogP contribution in [0, 0.1) is 29.1 Å². The number of amides is 1. The number of thiophene rings is 1. The van der Waals surface area contributed by atoms with Crippen LogP contribution in [-0.2, 0) is 9.53 Å². The summed E-state index contributed by atoms with van der Waals surface area (Å²) in [6.07, 6.45) is 0. The van der Waals surface area contributed by atoms with Crippen molar-refractivity contribution < 1.29 is 36.3 Å². The molecule has 10 heteroatoms. The first kappa shape index (κ1) is 16.9. The van der Waals surface area contributed by atoms with E-state index in [0.717, 1.165) is 11.3 Å². The lowest BCUT2D eigenvalue weighted by Crippen LogP contribution is -2.23. The second-order valence-corrected chi connectivity index (χ2v) is 4.99. The highest BCUT2D eigenvalue weighted by Gasteiger charge is 2.27. The van der Waals surface area contributed by atoms with Crippen molar-refractivity contribution >= 4 is 28.9 Å². The van der Waals surface area contributed by atoms with E-state index in [1.54, 1.807) is 11.4 Å². The van der Waals surface area contributed by atoms with Crippen molar-refractivity contribution in [2.45, 2.75) is 0 Å². The number of anilines is 1. The number of rotatable bonds is 4. The lowest BCUT2D eigenvalue weighted by atomic mass is 10.2. The first-order valence-corrected chi connectivity index (χ1v) is 6.72. The van der Waals surface area contributed by atoms with Crippen LogP contribution in [0.15, 0.2) is 17.5 Å². The van der Waals surface area contributed by atoms with Crippen molar-refractivity contribution in [3.8, 4) is 0 Å². The summed E-state index contributed by atoms with van der Waals surface area (Å²) >= 11 is 1.03. The van der Waals surface area contributed by atoms with Gasteiger partial charge in [0.25, 0.3) is 5.91 Å². The predicted molar refractivity (Wildman–Crippen MR) is 69.5 cm³/mol. The number of carbonyl (C=O) groups excluding carboxylic acids is 2. The van der Waals surface area contributed by atoms with Gasteiger partial charge >= 0.3 is 5.97 Å². The van der Waals surface area contributed by atoms with Gasteiger partial charge in [-0.05, 0) is 11.4 Å². The Morgan fingerprint density at radius 2 is 1.57 bits per heavy atom. The summed E-state index contributed by atoms with van der Waals surface area (Å²) < 4.78 is 70.0. The van der Waals surface area contributed by atoms with Gasteiger partial charge in [0.05, 0.1) is 0 Å². The Balaban J connectivity index is 2.08. The molecule has 23 heavy (non-hydrogen) atoms. The zero-order chi connectivity index (χ0) is 17.1.